The molecule has 0 saturated heterocycles. The molecule has 0 aliphatic heterocycles. The molecule has 0 aliphatic carbocycles. The summed E-state index contributed by atoms with van der Waals surface area (Å²) < 4.78 is 0. The minimum absolute atomic E-state index is 0. The second-order valence-corrected chi connectivity index (χ2v) is 6.23. The fourth-order valence-electron chi connectivity index (χ4n) is 2.06. The Balaban J connectivity index is 0.00000529. The molecular formula is C18H31IN4O. The molecule has 1 aromatic rings. The average Bonchev–Trinajstić information content (AvgIpc) is 2.50. The standard InChI is InChI=1S/C18H30N4O.HI/c1-6-14(4)21-18(19-5)20-12-15-8-7-9-16(11-15)22-17(23)10-13(2)3;/h7-9,11,13-14H,6,10,12H2,1-5H3,(H,22,23)(H2,19,20,21);1H. The summed E-state index contributed by atoms with van der Waals surface area (Å²) in [6.07, 6.45) is 1.58. The number of hydrogen-bond acceptors (Lipinski definition) is 2. The summed E-state index contributed by atoms with van der Waals surface area (Å²) >= 11 is 0. The zero-order valence-corrected chi connectivity index (χ0v) is 17.7. The van der Waals surface area contributed by atoms with Crippen molar-refractivity contribution in [3.63, 3.8) is 0 Å². The van der Waals surface area contributed by atoms with E-state index in [9.17, 15) is 4.79 Å². The highest BCUT2D eigenvalue weighted by molar-refractivity contribution is 14.0. The highest BCUT2D eigenvalue weighted by Crippen LogP contribution is 2.12. The smallest absolute Gasteiger partial charge is 0.224 e. The number of carbonyl (C=O) groups excluding carboxylic acids is 1. The van der Waals surface area contributed by atoms with Gasteiger partial charge in [-0.25, -0.2) is 0 Å². The predicted octanol–water partition coefficient (Wildman–Crippen LogP) is 3.75. The topological polar surface area (TPSA) is 65.5 Å². The third-order valence-electron chi connectivity index (χ3n) is 3.48. The van der Waals surface area contributed by atoms with Gasteiger partial charge in [0.15, 0.2) is 5.96 Å². The van der Waals surface area contributed by atoms with Gasteiger partial charge in [0.25, 0.3) is 0 Å². The van der Waals surface area contributed by atoms with E-state index in [1.165, 1.54) is 0 Å². The Morgan fingerprint density at radius 3 is 2.54 bits per heavy atom. The lowest BCUT2D eigenvalue weighted by Gasteiger charge is -2.16. The number of nitrogens with zero attached hydrogens (tertiary/aromatic N) is 1. The van der Waals surface area contributed by atoms with Gasteiger partial charge in [-0.05, 0) is 37.0 Å². The summed E-state index contributed by atoms with van der Waals surface area (Å²) in [6, 6.07) is 8.26. The van der Waals surface area contributed by atoms with Crippen LogP contribution in [-0.4, -0.2) is 25.0 Å². The van der Waals surface area contributed by atoms with Gasteiger partial charge in [0, 0.05) is 31.7 Å². The van der Waals surface area contributed by atoms with E-state index in [1.807, 2.05) is 38.1 Å². The number of aliphatic imine (C=N–C) groups is 1. The Morgan fingerprint density at radius 2 is 1.96 bits per heavy atom. The first-order chi connectivity index (χ1) is 10.9. The number of anilines is 1. The monoisotopic (exact) mass is 446 g/mol. The van der Waals surface area contributed by atoms with Crippen LogP contribution in [0, 0.1) is 5.92 Å². The first-order valence-corrected chi connectivity index (χ1v) is 8.30. The fourth-order valence-corrected chi connectivity index (χ4v) is 2.06. The zero-order valence-electron chi connectivity index (χ0n) is 15.3. The molecule has 1 unspecified atom stereocenters. The number of rotatable bonds is 7. The summed E-state index contributed by atoms with van der Waals surface area (Å²) in [5.74, 6) is 1.20. The van der Waals surface area contributed by atoms with Crippen molar-refractivity contribution in [2.24, 2.45) is 10.9 Å². The Bertz CT molecular complexity index is 532. The average molecular weight is 446 g/mol. The van der Waals surface area contributed by atoms with Crippen LogP contribution in [0.2, 0.25) is 0 Å². The molecular weight excluding hydrogens is 415 g/mol. The van der Waals surface area contributed by atoms with Crippen molar-refractivity contribution in [3.8, 4) is 0 Å². The second kappa shape index (κ2) is 12.1. The molecule has 0 heterocycles. The minimum Gasteiger partial charge on any atom is -0.354 e. The van der Waals surface area contributed by atoms with E-state index < -0.39 is 0 Å². The summed E-state index contributed by atoms with van der Waals surface area (Å²) in [7, 11) is 1.76. The van der Waals surface area contributed by atoms with Crippen molar-refractivity contribution in [1.29, 1.82) is 0 Å². The van der Waals surface area contributed by atoms with Gasteiger partial charge in [0.05, 0.1) is 0 Å². The highest BCUT2D eigenvalue weighted by Gasteiger charge is 2.06. The molecule has 1 rings (SSSR count). The van der Waals surface area contributed by atoms with E-state index in [-0.39, 0.29) is 29.9 Å². The van der Waals surface area contributed by atoms with Crippen LogP contribution in [0.5, 0.6) is 0 Å². The molecule has 1 atom stereocenters. The molecule has 0 bridgehead atoms. The highest BCUT2D eigenvalue weighted by atomic mass is 127. The Morgan fingerprint density at radius 1 is 1.25 bits per heavy atom. The molecule has 0 saturated carbocycles. The largest absolute Gasteiger partial charge is 0.354 e. The van der Waals surface area contributed by atoms with Crippen molar-refractivity contribution >= 4 is 41.5 Å². The maximum atomic E-state index is 11.8. The molecule has 1 amide bonds. The molecule has 5 nitrogen and oxygen atoms in total. The summed E-state index contributed by atoms with van der Waals surface area (Å²) in [4.78, 5) is 16.1. The van der Waals surface area contributed by atoms with E-state index >= 15 is 0 Å². The number of carbonyl (C=O) groups is 1. The van der Waals surface area contributed by atoms with Crippen molar-refractivity contribution < 1.29 is 4.79 Å². The molecule has 0 fully saturated rings. The van der Waals surface area contributed by atoms with Crippen molar-refractivity contribution in [3.05, 3.63) is 29.8 Å². The molecule has 0 radical (unpaired) electrons. The number of amides is 1. The van der Waals surface area contributed by atoms with E-state index in [4.69, 9.17) is 0 Å². The Kier molecular flexibility index (Phi) is 11.4. The second-order valence-electron chi connectivity index (χ2n) is 6.23. The maximum Gasteiger partial charge on any atom is 0.224 e. The molecule has 3 N–H and O–H groups in total. The van der Waals surface area contributed by atoms with Crippen molar-refractivity contribution in [2.75, 3.05) is 12.4 Å². The normalized spacial score (nSPS) is 12.3. The molecule has 24 heavy (non-hydrogen) atoms. The van der Waals surface area contributed by atoms with Crippen LogP contribution in [0.25, 0.3) is 0 Å². The molecule has 1 aromatic carbocycles. The zero-order chi connectivity index (χ0) is 17.2. The molecule has 0 aromatic heterocycles. The third-order valence-corrected chi connectivity index (χ3v) is 3.48. The van der Waals surface area contributed by atoms with Crippen molar-refractivity contribution in [2.45, 2.75) is 53.1 Å². The Hall–Kier alpha value is -1.31. The van der Waals surface area contributed by atoms with Gasteiger partial charge in [-0.3, -0.25) is 9.79 Å². The van der Waals surface area contributed by atoms with Crippen LogP contribution < -0.4 is 16.0 Å². The van der Waals surface area contributed by atoms with Gasteiger partial charge in [-0.15, -0.1) is 24.0 Å². The summed E-state index contributed by atoms with van der Waals surface area (Å²) in [5.41, 5.74) is 1.93. The first kappa shape index (κ1) is 22.7. The first-order valence-electron chi connectivity index (χ1n) is 8.30. The molecule has 0 aliphatic rings. The van der Waals surface area contributed by atoms with E-state index in [1.54, 1.807) is 7.05 Å². The summed E-state index contributed by atoms with van der Waals surface area (Å²) in [6.45, 7) is 8.99. The van der Waals surface area contributed by atoms with Gasteiger partial charge >= 0.3 is 0 Å². The molecule has 136 valence electrons. The summed E-state index contributed by atoms with van der Waals surface area (Å²) in [5, 5.41) is 9.56. The van der Waals surface area contributed by atoms with Crippen LogP contribution in [0.4, 0.5) is 5.69 Å². The molecule has 0 spiro atoms. The fraction of sp³-hybridized carbons (Fsp3) is 0.556. The van der Waals surface area contributed by atoms with Crippen LogP contribution in [0.3, 0.4) is 0 Å². The number of nitrogens with one attached hydrogen (secondary N) is 3. The maximum absolute atomic E-state index is 11.8. The number of halogens is 1. The quantitative estimate of drug-likeness (QED) is 0.340. The lowest BCUT2D eigenvalue weighted by Crippen LogP contribution is -2.41. The van der Waals surface area contributed by atoms with Gasteiger partial charge in [-0.2, -0.15) is 0 Å². The van der Waals surface area contributed by atoms with Gasteiger partial charge < -0.3 is 16.0 Å². The van der Waals surface area contributed by atoms with Crippen LogP contribution in [-0.2, 0) is 11.3 Å². The number of hydrogen-bond donors (Lipinski definition) is 3. The molecule has 6 heteroatoms. The SMILES string of the molecule is CCC(C)NC(=NC)NCc1cccc(NC(=O)CC(C)C)c1.I. The predicted molar refractivity (Wildman–Crippen MR) is 113 cm³/mol. The lowest BCUT2D eigenvalue weighted by atomic mass is 10.1. The lowest BCUT2D eigenvalue weighted by molar-refractivity contribution is -0.116. The van der Waals surface area contributed by atoms with E-state index in [0.29, 0.717) is 24.9 Å². The van der Waals surface area contributed by atoms with E-state index in [2.05, 4.69) is 34.8 Å². The van der Waals surface area contributed by atoms with Crippen LogP contribution >= 0.6 is 24.0 Å². The van der Waals surface area contributed by atoms with Gasteiger partial charge in [0.2, 0.25) is 5.91 Å². The van der Waals surface area contributed by atoms with Gasteiger partial charge in [-0.1, -0.05) is 32.9 Å². The van der Waals surface area contributed by atoms with E-state index in [0.717, 1.165) is 23.6 Å². The van der Waals surface area contributed by atoms with Gasteiger partial charge in [0.1, 0.15) is 0 Å². The van der Waals surface area contributed by atoms with Crippen LogP contribution in [0.15, 0.2) is 29.3 Å². The Labute approximate surface area is 163 Å². The van der Waals surface area contributed by atoms with Crippen LogP contribution in [0.1, 0.15) is 46.1 Å². The minimum atomic E-state index is 0. The number of benzene rings is 1. The number of guanidine groups is 1. The third kappa shape index (κ3) is 9.10. The van der Waals surface area contributed by atoms with Crippen molar-refractivity contribution in [1.82, 2.24) is 10.6 Å².